The van der Waals surface area contributed by atoms with Crippen LogP contribution in [0.1, 0.15) is 39.0 Å². The van der Waals surface area contributed by atoms with Crippen molar-refractivity contribution in [2.24, 2.45) is 11.8 Å². The molecule has 1 aliphatic heterocycles. The van der Waals surface area contributed by atoms with Crippen LogP contribution in [0.3, 0.4) is 0 Å². The standard InChI is InChI=1S/C12H22N2O/c1-9-3-2-4-10(5-9)7-13-11-6-12(15)14-8-11/h9-11,13H,2-8H2,1H3,(H,14,15). The lowest BCUT2D eigenvalue weighted by atomic mass is 9.82. The second kappa shape index (κ2) is 4.97. The van der Waals surface area contributed by atoms with Crippen LogP contribution in [0.25, 0.3) is 0 Å². The zero-order valence-corrected chi connectivity index (χ0v) is 9.59. The van der Waals surface area contributed by atoms with Crippen LogP contribution in [0.15, 0.2) is 0 Å². The van der Waals surface area contributed by atoms with Crippen molar-refractivity contribution in [3.05, 3.63) is 0 Å². The van der Waals surface area contributed by atoms with E-state index in [2.05, 4.69) is 17.6 Å². The number of carbonyl (C=O) groups is 1. The van der Waals surface area contributed by atoms with Gasteiger partial charge in [0.05, 0.1) is 0 Å². The van der Waals surface area contributed by atoms with Gasteiger partial charge in [0.1, 0.15) is 0 Å². The third kappa shape index (κ3) is 3.20. The van der Waals surface area contributed by atoms with Crippen LogP contribution in [0, 0.1) is 11.8 Å². The predicted octanol–water partition coefficient (Wildman–Crippen LogP) is 1.29. The van der Waals surface area contributed by atoms with Crippen molar-refractivity contribution in [1.82, 2.24) is 10.6 Å². The normalized spacial score (nSPS) is 36.6. The molecule has 3 atom stereocenters. The molecule has 0 spiro atoms. The molecule has 0 aromatic carbocycles. The third-order valence-corrected chi connectivity index (χ3v) is 3.72. The van der Waals surface area contributed by atoms with Crippen LogP contribution in [0.5, 0.6) is 0 Å². The maximum absolute atomic E-state index is 11.0. The molecule has 2 fully saturated rings. The minimum absolute atomic E-state index is 0.199. The second-order valence-electron chi connectivity index (χ2n) is 5.25. The van der Waals surface area contributed by atoms with Gasteiger partial charge in [-0.1, -0.05) is 19.8 Å². The first kappa shape index (κ1) is 10.9. The number of hydrogen-bond donors (Lipinski definition) is 2. The molecular weight excluding hydrogens is 188 g/mol. The Morgan fingerprint density at radius 3 is 3.00 bits per heavy atom. The summed E-state index contributed by atoms with van der Waals surface area (Å²) in [5.74, 6) is 1.93. The highest BCUT2D eigenvalue weighted by Crippen LogP contribution is 2.28. The molecule has 1 saturated carbocycles. The van der Waals surface area contributed by atoms with E-state index in [1.807, 2.05) is 0 Å². The summed E-state index contributed by atoms with van der Waals surface area (Å²) in [5, 5.41) is 6.38. The van der Waals surface area contributed by atoms with Gasteiger partial charge >= 0.3 is 0 Å². The highest BCUT2D eigenvalue weighted by molar-refractivity contribution is 5.78. The summed E-state index contributed by atoms with van der Waals surface area (Å²) in [4.78, 5) is 11.0. The largest absolute Gasteiger partial charge is 0.354 e. The molecule has 2 rings (SSSR count). The zero-order chi connectivity index (χ0) is 10.7. The number of amides is 1. The molecular formula is C12H22N2O. The summed E-state index contributed by atoms with van der Waals surface area (Å²) >= 11 is 0. The number of nitrogens with one attached hydrogen (secondary N) is 2. The maximum atomic E-state index is 11.0. The van der Waals surface area contributed by atoms with Gasteiger partial charge in [-0.2, -0.15) is 0 Å². The van der Waals surface area contributed by atoms with Gasteiger partial charge in [0.25, 0.3) is 0 Å². The molecule has 1 amide bonds. The molecule has 86 valence electrons. The molecule has 1 aliphatic carbocycles. The minimum atomic E-state index is 0.199. The highest BCUT2D eigenvalue weighted by atomic mass is 16.1. The second-order valence-corrected chi connectivity index (χ2v) is 5.25. The first-order valence-corrected chi connectivity index (χ1v) is 6.24. The zero-order valence-electron chi connectivity index (χ0n) is 9.59. The van der Waals surface area contributed by atoms with Crippen LogP contribution in [-0.2, 0) is 4.79 Å². The topological polar surface area (TPSA) is 41.1 Å². The molecule has 2 aliphatic rings. The smallest absolute Gasteiger partial charge is 0.221 e. The van der Waals surface area contributed by atoms with Crippen molar-refractivity contribution >= 4 is 5.91 Å². The Morgan fingerprint density at radius 2 is 2.33 bits per heavy atom. The fourth-order valence-corrected chi connectivity index (χ4v) is 2.83. The molecule has 0 aromatic rings. The number of carbonyl (C=O) groups excluding carboxylic acids is 1. The predicted molar refractivity (Wildman–Crippen MR) is 60.5 cm³/mol. The lowest BCUT2D eigenvalue weighted by Gasteiger charge is -2.27. The molecule has 3 heteroatoms. The van der Waals surface area contributed by atoms with E-state index in [-0.39, 0.29) is 5.91 Å². The monoisotopic (exact) mass is 210 g/mol. The van der Waals surface area contributed by atoms with E-state index in [9.17, 15) is 4.79 Å². The van der Waals surface area contributed by atoms with Crippen LogP contribution < -0.4 is 10.6 Å². The van der Waals surface area contributed by atoms with Gasteiger partial charge in [-0.05, 0) is 31.2 Å². The van der Waals surface area contributed by atoms with Gasteiger partial charge in [-0.3, -0.25) is 4.79 Å². The first-order chi connectivity index (χ1) is 7.24. The van der Waals surface area contributed by atoms with E-state index in [4.69, 9.17) is 0 Å². The average molecular weight is 210 g/mol. The van der Waals surface area contributed by atoms with E-state index in [1.54, 1.807) is 0 Å². The molecule has 0 radical (unpaired) electrons. The molecule has 0 aromatic heterocycles. The van der Waals surface area contributed by atoms with Gasteiger partial charge < -0.3 is 10.6 Å². The van der Waals surface area contributed by atoms with Gasteiger partial charge in [0.15, 0.2) is 0 Å². The van der Waals surface area contributed by atoms with Gasteiger partial charge in [-0.15, -0.1) is 0 Å². The van der Waals surface area contributed by atoms with Gasteiger partial charge in [-0.25, -0.2) is 0 Å². The Morgan fingerprint density at radius 1 is 1.47 bits per heavy atom. The van der Waals surface area contributed by atoms with Crippen molar-refractivity contribution in [2.75, 3.05) is 13.1 Å². The van der Waals surface area contributed by atoms with Crippen molar-refractivity contribution in [2.45, 2.75) is 45.1 Å². The maximum Gasteiger partial charge on any atom is 0.221 e. The van der Waals surface area contributed by atoms with Crippen molar-refractivity contribution in [3.63, 3.8) is 0 Å². The Balaban J connectivity index is 1.66. The van der Waals surface area contributed by atoms with E-state index < -0.39 is 0 Å². The Hall–Kier alpha value is -0.570. The SMILES string of the molecule is CC1CCCC(CNC2CNC(=O)C2)C1. The van der Waals surface area contributed by atoms with Crippen LogP contribution in [0.4, 0.5) is 0 Å². The fraction of sp³-hybridized carbons (Fsp3) is 0.917. The molecule has 2 N–H and O–H groups in total. The summed E-state index contributed by atoms with van der Waals surface area (Å²) in [7, 11) is 0. The van der Waals surface area contributed by atoms with E-state index in [1.165, 1.54) is 25.7 Å². The summed E-state index contributed by atoms with van der Waals surface area (Å²) in [6.07, 6.45) is 6.18. The first-order valence-electron chi connectivity index (χ1n) is 6.24. The van der Waals surface area contributed by atoms with Crippen molar-refractivity contribution in [3.8, 4) is 0 Å². The molecule has 3 unspecified atom stereocenters. The number of hydrogen-bond acceptors (Lipinski definition) is 2. The summed E-state index contributed by atoms with van der Waals surface area (Å²) < 4.78 is 0. The lowest BCUT2D eigenvalue weighted by Crippen LogP contribution is -2.36. The van der Waals surface area contributed by atoms with Crippen LogP contribution >= 0.6 is 0 Å². The molecule has 15 heavy (non-hydrogen) atoms. The molecule has 1 heterocycles. The average Bonchev–Trinajstić information content (AvgIpc) is 2.62. The quantitative estimate of drug-likeness (QED) is 0.737. The Labute approximate surface area is 92.0 Å². The Kier molecular flexibility index (Phi) is 3.62. The van der Waals surface area contributed by atoms with Gasteiger partial charge in [0.2, 0.25) is 5.91 Å². The summed E-state index contributed by atoms with van der Waals surface area (Å²) in [6, 6.07) is 0.384. The fourth-order valence-electron chi connectivity index (χ4n) is 2.83. The van der Waals surface area contributed by atoms with Gasteiger partial charge in [0, 0.05) is 19.0 Å². The number of rotatable bonds is 3. The summed E-state index contributed by atoms with van der Waals surface area (Å²) in [6.45, 7) is 4.28. The molecule has 1 saturated heterocycles. The third-order valence-electron chi connectivity index (χ3n) is 3.72. The molecule has 0 bridgehead atoms. The van der Waals surface area contributed by atoms with Crippen molar-refractivity contribution < 1.29 is 4.79 Å². The van der Waals surface area contributed by atoms with Crippen LogP contribution in [0.2, 0.25) is 0 Å². The van der Waals surface area contributed by atoms with Crippen molar-refractivity contribution in [1.29, 1.82) is 0 Å². The lowest BCUT2D eigenvalue weighted by molar-refractivity contribution is -0.119. The van der Waals surface area contributed by atoms with E-state index in [0.29, 0.717) is 12.5 Å². The van der Waals surface area contributed by atoms with E-state index in [0.717, 1.165) is 24.9 Å². The Bertz CT molecular complexity index is 230. The molecule has 3 nitrogen and oxygen atoms in total. The highest BCUT2D eigenvalue weighted by Gasteiger charge is 2.23. The minimum Gasteiger partial charge on any atom is -0.354 e. The summed E-state index contributed by atoms with van der Waals surface area (Å²) in [5.41, 5.74) is 0. The van der Waals surface area contributed by atoms with E-state index >= 15 is 0 Å². The van der Waals surface area contributed by atoms with Crippen LogP contribution in [-0.4, -0.2) is 25.0 Å².